The van der Waals surface area contributed by atoms with Crippen LogP contribution < -0.4 is 0 Å². The molecule has 5 heteroatoms. The topological polar surface area (TPSA) is 60.9 Å². The van der Waals surface area contributed by atoms with Crippen LogP contribution in [0, 0.1) is 5.92 Å². The lowest BCUT2D eigenvalue weighted by Crippen LogP contribution is -2.56. The summed E-state index contributed by atoms with van der Waals surface area (Å²) in [4.78, 5) is 26.0. The van der Waals surface area contributed by atoms with E-state index in [1.54, 1.807) is 15.9 Å². The molecule has 0 aromatic carbocycles. The molecule has 2 amide bonds. The highest BCUT2D eigenvalue weighted by Gasteiger charge is 2.34. The molecule has 0 aromatic rings. The molecule has 0 unspecified atom stereocenters. The summed E-state index contributed by atoms with van der Waals surface area (Å²) >= 11 is 0. The number of nitrogens with zero attached hydrogens (tertiary/aromatic N) is 2. The molecular formula is C12H20N2O3. The number of aliphatic carboxylic acids is 1. The minimum absolute atomic E-state index is 0.0264. The van der Waals surface area contributed by atoms with Gasteiger partial charge in [-0.3, -0.25) is 4.79 Å². The van der Waals surface area contributed by atoms with E-state index < -0.39 is 5.97 Å². The maximum absolute atomic E-state index is 12.0. The zero-order valence-electron chi connectivity index (χ0n) is 10.4. The van der Waals surface area contributed by atoms with E-state index in [0.717, 1.165) is 0 Å². The van der Waals surface area contributed by atoms with Gasteiger partial charge in [0.2, 0.25) is 0 Å². The van der Waals surface area contributed by atoms with Crippen LogP contribution >= 0.6 is 0 Å². The fraction of sp³-hybridized carbons (Fsp3) is 0.667. The fourth-order valence-electron chi connectivity index (χ4n) is 1.93. The molecule has 1 heterocycles. The van der Waals surface area contributed by atoms with Crippen LogP contribution in [0.1, 0.15) is 20.3 Å². The van der Waals surface area contributed by atoms with Gasteiger partial charge in [0.15, 0.2) is 0 Å². The maximum Gasteiger partial charge on any atom is 0.320 e. The average molecular weight is 240 g/mol. The van der Waals surface area contributed by atoms with Crippen molar-refractivity contribution in [2.24, 2.45) is 5.92 Å². The number of carbonyl (C=O) groups excluding carboxylic acids is 1. The molecule has 96 valence electrons. The van der Waals surface area contributed by atoms with E-state index in [-0.39, 0.29) is 24.4 Å². The smallest absolute Gasteiger partial charge is 0.320 e. The van der Waals surface area contributed by atoms with Crippen LogP contribution in [0.15, 0.2) is 12.7 Å². The highest BCUT2D eigenvalue weighted by atomic mass is 16.4. The van der Waals surface area contributed by atoms with Crippen LogP contribution in [0.3, 0.4) is 0 Å². The Labute approximate surface area is 102 Å². The van der Waals surface area contributed by atoms with E-state index in [1.165, 1.54) is 0 Å². The molecule has 1 saturated heterocycles. The molecule has 5 nitrogen and oxygen atoms in total. The van der Waals surface area contributed by atoms with E-state index in [9.17, 15) is 9.59 Å². The average Bonchev–Trinajstić information content (AvgIpc) is 2.17. The monoisotopic (exact) mass is 240 g/mol. The highest BCUT2D eigenvalue weighted by molar-refractivity contribution is 5.76. The molecule has 17 heavy (non-hydrogen) atoms. The maximum atomic E-state index is 12.0. The summed E-state index contributed by atoms with van der Waals surface area (Å²) in [6.45, 7) is 9.16. The minimum atomic E-state index is -0.797. The van der Waals surface area contributed by atoms with Crippen molar-refractivity contribution in [2.75, 3.05) is 19.6 Å². The quantitative estimate of drug-likeness (QED) is 0.739. The standard InChI is InChI=1S/C12H20N2O3/c1-4-5-14(9(2)3)12(17)13-7-10(8-13)6-11(15)16/h4,9-10H,1,5-8H2,2-3H3,(H,15,16). The van der Waals surface area contributed by atoms with Gasteiger partial charge in [0, 0.05) is 31.6 Å². The Morgan fingerprint density at radius 3 is 2.53 bits per heavy atom. The zero-order chi connectivity index (χ0) is 13.0. The Morgan fingerprint density at radius 2 is 2.12 bits per heavy atom. The lowest BCUT2D eigenvalue weighted by molar-refractivity contribution is -0.139. The number of amides is 2. The van der Waals surface area contributed by atoms with Gasteiger partial charge in [-0.2, -0.15) is 0 Å². The first kappa shape index (κ1) is 13.5. The van der Waals surface area contributed by atoms with Gasteiger partial charge in [-0.25, -0.2) is 4.79 Å². The minimum Gasteiger partial charge on any atom is -0.481 e. The molecule has 0 aromatic heterocycles. The Balaban J connectivity index is 2.44. The number of urea groups is 1. The Bertz CT molecular complexity index is 309. The van der Waals surface area contributed by atoms with Crippen molar-refractivity contribution in [3.8, 4) is 0 Å². The summed E-state index contributed by atoms with van der Waals surface area (Å²) in [6.07, 6.45) is 1.85. The highest BCUT2D eigenvalue weighted by Crippen LogP contribution is 2.21. The molecular weight excluding hydrogens is 220 g/mol. The number of carboxylic acid groups (broad SMARTS) is 1. The van der Waals surface area contributed by atoms with Gasteiger partial charge in [-0.15, -0.1) is 6.58 Å². The molecule has 1 fully saturated rings. The Hall–Kier alpha value is -1.52. The van der Waals surface area contributed by atoms with E-state index in [1.807, 2.05) is 13.8 Å². The summed E-state index contributed by atoms with van der Waals surface area (Å²) in [7, 11) is 0. The molecule has 0 saturated carbocycles. The molecule has 1 rings (SSSR count). The van der Waals surface area contributed by atoms with Crippen LogP contribution in [-0.2, 0) is 4.79 Å². The first-order chi connectivity index (χ1) is 7.95. The van der Waals surface area contributed by atoms with Crippen LogP contribution in [-0.4, -0.2) is 52.6 Å². The second kappa shape index (κ2) is 5.70. The van der Waals surface area contributed by atoms with Crippen LogP contribution in [0.25, 0.3) is 0 Å². The number of hydrogen-bond donors (Lipinski definition) is 1. The van der Waals surface area contributed by atoms with Gasteiger partial charge < -0.3 is 14.9 Å². The number of likely N-dealkylation sites (tertiary alicyclic amines) is 1. The third kappa shape index (κ3) is 3.47. The Kier molecular flexibility index (Phi) is 4.54. The predicted octanol–water partition coefficient (Wildman–Crippen LogP) is 1.41. The molecule has 0 aliphatic carbocycles. The second-order valence-electron chi connectivity index (χ2n) is 4.69. The lowest BCUT2D eigenvalue weighted by Gasteiger charge is -2.42. The largest absolute Gasteiger partial charge is 0.481 e. The summed E-state index contributed by atoms with van der Waals surface area (Å²) in [5, 5.41) is 8.63. The molecule has 0 radical (unpaired) electrons. The molecule has 1 aliphatic rings. The van der Waals surface area contributed by atoms with Crippen molar-refractivity contribution in [3.05, 3.63) is 12.7 Å². The number of carboxylic acids is 1. The number of carbonyl (C=O) groups is 2. The van der Waals surface area contributed by atoms with Crippen molar-refractivity contribution >= 4 is 12.0 Å². The molecule has 1 N–H and O–H groups in total. The lowest BCUT2D eigenvalue weighted by atomic mass is 9.97. The van der Waals surface area contributed by atoms with E-state index in [2.05, 4.69) is 6.58 Å². The van der Waals surface area contributed by atoms with Gasteiger partial charge >= 0.3 is 12.0 Å². The van der Waals surface area contributed by atoms with Crippen molar-refractivity contribution in [3.63, 3.8) is 0 Å². The molecule has 0 bridgehead atoms. The van der Waals surface area contributed by atoms with Gasteiger partial charge in [-0.05, 0) is 13.8 Å². The first-order valence-electron chi connectivity index (χ1n) is 5.84. The third-order valence-corrected chi connectivity index (χ3v) is 2.89. The van der Waals surface area contributed by atoms with Crippen LogP contribution in [0.5, 0.6) is 0 Å². The predicted molar refractivity (Wildman–Crippen MR) is 64.8 cm³/mol. The third-order valence-electron chi connectivity index (χ3n) is 2.89. The zero-order valence-corrected chi connectivity index (χ0v) is 10.4. The molecule has 0 atom stereocenters. The number of rotatable bonds is 5. The first-order valence-corrected chi connectivity index (χ1v) is 5.84. The molecule has 0 spiro atoms. The molecule has 1 aliphatic heterocycles. The normalized spacial score (nSPS) is 15.6. The van der Waals surface area contributed by atoms with Crippen LogP contribution in [0.4, 0.5) is 4.79 Å². The number of hydrogen-bond acceptors (Lipinski definition) is 2. The van der Waals surface area contributed by atoms with E-state index in [0.29, 0.717) is 19.6 Å². The van der Waals surface area contributed by atoms with E-state index >= 15 is 0 Å². The fourth-order valence-corrected chi connectivity index (χ4v) is 1.93. The van der Waals surface area contributed by atoms with Crippen molar-refractivity contribution in [1.82, 2.24) is 9.80 Å². The van der Waals surface area contributed by atoms with Gasteiger partial charge in [0.1, 0.15) is 0 Å². The van der Waals surface area contributed by atoms with Crippen molar-refractivity contribution in [1.29, 1.82) is 0 Å². The summed E-state index contributed by atoms with van der Waals surface area (Å²) in [5.74, 6) is -0.692. The summed E-state index contributed by atoms with van der Waals surface area (Å²) in [5.41, 5.74) is 0. The second-order valence-corrected chi connectivity index (χ2v) is 4.69. The summed E-state index contributed by atoms with van der Waals surface area (Å²) in [6, 6.07) is 0.0977. The SMILES string of the molecule is C=CCN(C(=O)N1CC(CC(=O)O)C1)C(C)C. The van der Waals surface area contributed by atoms with Gasteiger partial charge in [0.05, 0.1) is 6.42 Å². The van der Waals surface area contributed by atoms with Crippen molar-refractivity contribution in [2.45, 2.75) is 26.3 Å². The summed E-state index contributed by atoms with van der Waals surface area (Å²) < 4.78 is 0. The van der Waals surface area contributed by atoms with Gasteiger partial charge in [-0.1, -0.05) is 6.08 Å². The van der Waals surface area contributed by atoms with Crippen molar-refractivity contribution < 1.29 is 14.7 Å². The Morgan fingerprint density at radius 1 is 1.53 bits per heavy atom. The van der Waals surface area contributed by atoms with Gasteiger partial charge in [0.25, 0.3) is 0 Å². The van der Waals surface area contributed by atoms with E-state index in [4.69, 9.17) is 5.11 Å². The van der Waals surface area contributed by atoms with Crippen LogP contribution in [0.2, 0.25) is 0 Å².